The largest absolute Gasteiger partial charge is 0.352 e. The van der Waals surface area contributed by atoms with Crippen LogP contribution in [-0.2, 0) is 5.41 Å². The maximum absolute atomic E-state index is 4.59. The molecular weight excluding hydrogens is 276 g/mol. The second-order valence-corrected chi connectivity index (χ2v) is 6.26. The van der Waals surface area contributed by atoms with Crippen molar-refractivity contribution in [3.63, 3.8) is 0 Å². The number of nitrogens with one attached hydrogen (secondary N) is 1. The van der Waals surface area contributed by atoms with Crippen LogP contribution in [-0.4, -0.2) is 5.71 Å². The van der Waals surface area contributed by atoms with E-state index in [9.17, 15) is 0 Å². The third-order valence-electron chi connectivity index (χ3n) is 2.94. The van der Waals surface area contributed by atoms with Crippen LogP contribution in [0.15, 0.2) is 33.9 Å². The van der Waals surface area contributed by atoms with E-state index in [1.807, 2.05) is 6.92 Å². The molecule has 0 amide bonds. The molecule has 1 heterocycles. The number of rotatable bonds is 0. The first-order valence-electron chi connectivity index (χ1n) is 5.64. The molecule has 1 aromatic carbocycles. The summed E-state index contributed by atoms with van der Waals surface area (Å²) in [4.78, 5) is 4.59. The predicted octanol–water partition coefficient (Wildman–Crippen LogP) is 4.78. The van der Waals surface area contributed by atoms with Gasteiger partial charge in [-0.15, -0.1) is 0 Å². The number of fused-ring (bicyclic) bond motifs is 1. The van der Waals surface area contributed by atoms with Crippen LogP contribution in [0, 0.1) is 0 Å². The molecule has 0 spiro atoms. The third kappa shape index (κ3) is 2.29. The Morgan fingerprint density at radius 1 is 1.29 bits per heavy atom. The van der Waals surface area contributed by atoms with Gasteiger partial charge in [-0.05, 0) is 46.0 Å². The summed E-state index contributed by atoms with van der Waals surface area (Å²) in [5.41, 5.74) is 5.18. The van der Waals surface area contributed by atoms with E-state index in [2.05, 4.69) is 65.7 Å². The van der Waals surface area contributed by atoms with Gasteiger partial charge in [0.25, 0.3) is 0 Å². The number of benzene rings is 1. The van der Waals surface area contributed by atoms with Gasteiger partial charge < -0.3 is 5.32 Å². The van der Waals surface area contributed by atoms with Gasteiger partial charge in [-0.25, -0.2) is 4.99 Å². The molecule has 90 valence electrons. The van der Waals surface area contributed by atoms with Gasteiger partial charge in [0, 0.05) is 4.47 Å². The Kier molecular flexibility index (Phi) is 2.90. The zero-order chi connectivity index (χ0) is 12.8. The Morgan fingerprint density at radius 2 is 1.94 bits per heavy atom. The van der Waals surface area contributed by atoms with Crippen molar-refractivity contribution in [1.29, 1.82) is 0 Å². The summed E-state index contributed by atoms with van der Waals surface area (Å²) in [6.07, 6.45) is 0. The van der Waals surface area contributed by atoms with Gasteiger partial charge >= 0.3 is 0 Å². The van der Waals surface area contributed by atoms with Crippen molar-refractivity contribution in [2.75, 3.05) is 5.32 Å². The van der Waals surface area contributed by atoms with E-state index in [-0.39, 0.29) is 5.41 Å². The first-order chi connectivity index (χ1) is 7.79. The number of anilines is 1. The Hall–Kier alpha value is -1.09. The standard InChI is InChI=1S/C14H17BrN2/c1-8-9(2)17-13-11(15)6-10(14(3,4)5)7-12(13)16-8/h6-7,17H,2H2,1,3-5H3. The summed E-state index contributed by atoms with van der Waals surface area (Å²) < 4.78 is 1.04. The van der Waals surface area contributed by atoms with Crippen LogP contribution < -0.4 is 5.32 Å². The van der Waals surface area contributed by atoms with Crippen LogP contribution in [0.25, 0.3) is 0 Å². The minimum atomic E-state index is 0.120. The summed E-state index contributed by atoms with van der Waals surface area (Å²) in [5.74, 6) is 0. The van der Waals surface area contributed by atoms with Crippen LogP contribution in [0.4, 0.5) is 11.4 Å². The monoisotopic (exact) mass is 292 g/mol. The number of halogens is 1. The SMILES string of the molecule is C=C1Nc2c(Br)cc(C(C)(C)C)cc2N=C1C. The van der Waals surface area contributed by atoms with E-state index >= 15 is 0 Å². The highest BCUT2D eigenvalue weighted by molar-refractivity contribution is 9.10. The second-order valence-electron chi connectivity index (χ2n) is 5.40. The molecule has 1 N–H and O–H groups in total. The van der Waals surface area contributed by atoms with Crippen LogP contribution >= 0.6 is 15.9 Å². The van der Waals surface area contributed by atoms with Crippen LogP contribution in [0.5, 0.6) is 0 Å². The Bertz CT molecular complexity index is 522. The van der Waals surface area contributed by atoms with Crippen molar-refractivity contribution in [2.45, 2.75) is 33.1 Å². The lowest BCUT2D eigenvalue weighted by molar-refractivity contribution is 0.590. The minimum Gasteiger partial charge on any atom is -0.352 e. The van der Waals surface area contributed by atoms with Gasteiger partial charge in [0.05, 0.1) is 22.8 Å². The maximum atomic E-state index is 4.59. The molecule has 1 aliphatic heterocycles. The zero-order valence-corrected chi connectivity index (χ0v) is 12.3. The van der Waals surface area contributed by atoms with Gasteiger partial charge in [-0.3, -0.25) is 0 Å². The summed E-state index contributed by atoms with van der Waals surface area (Å²) >= 11 is 3.60. The summed E-state index contributed by atoms with van der Waals surface area (Å²) in [6.45, 7) is 12.5. The average Bonchev–Trinajstić information content (AvgIpc) is 2.19. The number of hydrogen-bond donors (Lipinski definition) is 1. The van der Waals surface area contributed by atoms with Gasteiger partial charge in [0.1, 0.15) is 0 Å². The lowest BCUT2D eigenvalue weighted by atomic mass is 9.86. The van der Waals surface area contributed by atoms with Gasteiger partial charge in [0.15, 0.2) is 0 Å². The summed E-state index contributed by atoms with van der Waals surface area (Å²) in [7, 11) is 0. The molecule has 17 heavy (non-hydrogen) atoms. The highest BCUT2D eigenvalue weighted by atomic mass is 79.9. The fraction of sp³-hybridized carbons (Fsp3) is 0.357. The Labute approximate surface area is 111 Å². The van der Waals surface area contributed by atoms with Crippen LogP contribution in [0.2, 0.25) is 0 Å². The molecule has 2 rings (SSSR count). The molecule has 0 radical (unpaired) electrons. The molecule has 2 nitrogen and oxygen atoms in total. The second kappa shape index (κ2) is 3.98. The lowest BCUT2D eigenvalue weighted by Crippen LogP contribution is -2.15. The lowest BCUT2D eigenvalue weighted by Gasteiger charge is -2.24. The normalized spacial score (nSPS) is 15.1. The van der Waals surface area contributed by atoms with Crippen LogP contribution in [0.1, 0.15) is 33.3 Å². The van der Waals surface area contributed by atoms with Crippen molar-refractivity contribution < 1.29 is 0 Å². The third-order valence-corrected chi connectivity index (χ3v) is 3.56. The molecule has 0 unspecified atom stereocenters. The Balaban J connectivity index is 2.62. The molecule has 3 heteroatoms. The van der Waals surface area contributed by atoms with Crippen molar-refractivity contribution in [2.24, 2.45) is 4.99 Å². The summed E-state index contributed by atoms with van der Waals surface area (Å²) in [5, 5.41) is 3.28. The average molecular weight is 293 g/mol. The number of hydrogen-bond acceptors (Lipinski definition) is 2. The first kappa shape index (κ1) is 12.4. The zero-order valence-electron chi connectivity index (χ0n) is 10.7. The molecule has 0 aromatic heterocycles. The number of aliphatic imine (C=N–C) groups is 1. The highest BCUT2D eigenvalue weighted by Crippen LogP contribution is 2.40. The molecule has 0 saturated heterocycles. The molecule has 0 saturated carbocycles. The summed E-state index contributed by atoms with van der Waals surface area (Å²) in [6, 6.07) is 4.29. The molecule has 1 aromatic rings. The minimum absolute atomic E-state index is 0.120. The van der Waals surface area contributed by atoms with E-state index < -0.39 is 0 Å². The molecule has 0 aliphatic carbocycles. The Morgan fingerprint density at radius 3 is 2.53 bits per heavy atom. The molecule has 1 aliphatic rings. The molecule has 0 bridgehead atoms. The van der Waals surface area contributed by atoms with E-state index in [4.69, 9.17) is 0 Å². The van der Waals surface area contributed by atoms with Gasteiger partial charge in [-0.1, -0.05) is 27.4 Å². The van der Waals surface area contributed by atoms with Gasteiger partial charge in [-0.2, -0.15) is 0 Å². The maximum Gasteiger partial charge on any atom is 0.0883 e. The van der Waals surface area contributed by atoms with Gasteiger partial charge in [0.2, 0.25) is 0 Å². The smallest absolute Gasteiger partial charge is 0.0883 e. The first-order valence-corrected chi connectivity index (χ1v) is 6.44. The fourth-order valence-electron chi connectivity index (χ4n) is 1.73. The van der Waals surface area contributed by atoms with Crippen LogP contribution in [0.3, 0.4) is 0 Å². The highest BCUT2D eigenvalue weighted by Gasteiger charge is 2.20. The van der Waals surface area contributed by atoms with Crippen molar-refractivity contribution >= 4 is 33.0 Å². The van der Waals surface area contributed by atoms with Crippen molar-refractivity contribution in [3.8, 4) is 0 Å². The molecule has 0 atom stereocenters. The molecule has 0 fully saturated rings. The van der Waals surface area contributed by atoms with E-state index in [1.54, 1.807) is 0 Å². The van der Waals surface area contributed by atoms with Crippen molar-refractivity contribution in [1.82, 2.24) is 0 Å². The van der Waals surface area contributed by atoms with E-state index in [1.165, 1.54) is 5.56 Å². The fourth-order valence-corrected chi connectivity index (χ4v) is 2.28. The molecular formula is C14H17BrN2. The van der Waals surface area contributed by atoms with E-state index in [0.717, 1.165) is 27.3 Å². The van der Waals surface area contributed by atoms with E-state index in [0.29, 0.717) is 0 Å². The quantitative estimate of drug-likeness (QED) is 0.731. The van der Waals surface area contributed by atoms with Crippen molar-refractivity contribution in [3.05, 3.63) is 34.4 Å². The predicted molar refractivity (Wildman–Crippen MR) is 78.4 cm³/mol. The number of allylic oxidation sites excluding steroid dienone is 1. The topological polar surface area (TPSA) is 24.4 Å². The number of nitrogens with zero attached hydrogens (tertiary/aromatic N) is 1.